The topological polar surface area (TPSA) is 29.3 Å². The molecule has 2 N–H and O–H groups in total. The van der Waals surface area contributed by atoms with Crippen molar-refractivity contribution in [1.29, 1.82) is 0 Å². The van der Waals surface area contributed by atoms with Crippen LogP contribution in [0.3, 0.4) is 0 Å². The van der Waals surface area contributed by atoms with E-state index in [2.05, 4.69) is 24.8 Å². The van der Waals surface area contributed by atoms with Crippen LogP contribution in [-0.4, -0.2) is 29.6 Å². The minimum absolute atomic E-state index is 0.234. The second kappa shape index (κ2) is 4.89. The average Bonchev–Trinajstić information content (AvgIpc) is 2.88. The maximum absolute atomic E-state index is 6.48. The van der Waals surface area contributed by atoms with Crippen LogP contribution in [0.15, 0.2) is 11.6 Å². The normalized spacial score (nSPS) is 26.9. The molecule has 2 aliphatic rings. The van der Waals surface area contributed by atoms with Crippen LogP contribution in [0, 0.1) is 0 Å². The van der Waals surface area contributed by atoms with Crippen LogP contribution in [0.2, 0.25) is 0 Å². The molecule has 16 heavy (non-hydrogen) atoms. The largest absolute Gasteiger partial charge is 0.323 e. The van der Waals surface area contributed by atoms with Crippen molar-refractivity contribution in [2.24, 2.45) is 5.73 Å². The van der Waals surface area contributed by atoms with Gasteiger partial charge in [0.2, 0.25) is 0 Å². The number of rotatable bonds is 3. The lowest BCUT2D eigenvalue weighted by atomic mass is 9.86. The summed E-state index contributed by atoms with van der Waals surface area (Å²) < 4.78 is 0. The minimum Gasteiger partial charge on any atom is -0.323 e. The maximum Gasteiger partial charge on any atom is 0.0414 e. The van der Waals surface area contributed by atoms with Gasteiger partial charge in [0, 0.05) is 11.6 Å². The second-order valence-electron chi connectivity index (χ2n) is 5.77. The van der Waals surface area contributed by atoms with Crippen molar-refractivity contribution in [3.8, 4) is 0 Å². The molecule has 0 bridgehead atoms. The number of allylic oxidation sites excluding steroid dienone is 1. The number of hydrogen-bond acceptors (Lipinski definition) is 2. The lowest BCUT2D eigenvalue weighted by Gasteiger charge is -2.42. The van der Waals surface area contributed by atoms with E-state index in [1.165, 1.54) is 57.2 Å². The fraction of sp³-hybridized carbons (Fsp3) is 0.857. The molecule has 2 heteroatoms. The van der Waals surface area contributed by atoms with Crippen molar-refractivity contribution in [1.82, 2.24) is 4.90 Å². The average molecular weight is 222 g/mol. The number of likely N-dealkylation sites (tertiary alicyclic amines) is 1. The highest BCUT2D eigenvalue weighted by atomic mass is 15.2. The predicted molar refractivity (Wildman–Crippen MR) is 69.4 cm³/mol. The van der Waals surface area contributed by atoms with Gasteiger partial charge >= 0.3 is 0 Å². The first-order valence-electron chi connectivity index (χ1n) is 6.81. The molecule has 1 aliphatic carbocycles. The van der Waals surface area contributed by atoms with Gasteiger partial charge in [-0.05, 0) is 52.6 Å². The zero-order valence-electron chi connectivity index (χ0n) is 10.8. The Morgan fingerprint density at radius 2 is 1.69 bits per heavy atom. The van der Waals surface area contributed by atoms with Crippen LogP contribution in [0.5, 0.6) is 0 Å². The number of hydrogen-bond donors (Lipinski definition) is 1. The van der Waals surface area contributed by atoms with Crippen LogP contribution >= 0.6 is 0 Å². The quantitative estimate of drug-likeness (QED) is 0.744. The summed E-state index contributed by atoms with van der Waals surface area (Å²) in [7, 11) is 0. The highest BCUT2D eigenvalue weighted by Crippen LogP contribution is 2.39. The SMILES string of the molecule is CC(C)=CC(N)C1(N2CCCC2)CCCC1. The Labute approximate surface area is 99.9 Å². The molecule has 0 aromatic rings. The van der Waals surface area contributed by atoms with Gasteiger partial charge in [-0.15, -0.1) is 0 Å². The summed E-state index contributed by atoms with van der Waals surface area (Å²) in [4.78, 5) is 2.68. The Hall–Kier alpha value is -0.340. The van der Waals surface area contributed by atoms with E-state index in [1.54, 1.807) is 0 Å². The summed E-state index contributed by atoms with van der Waals surface area (Å²) in [6.07, 6.45) is 10.3. The maximum atomic E-state index is 6.48. The van der Waals surface area contributed by atoms with E-state index in [0.717, 1.165) is 0 Å². The third-order valence-electron chi connectivity index (χ3n) is 4.34. The lowest BCUT2D eigenvalue weighted by molar-refractivity contribution is 0.107. The Bertz CT molecular complexity index is 254. The first kappa shape index (κ1) is 12.1. The van der Waals surface area contributed by atoms with Crippen molar-refractivity contribution in [2.45, 2.75) is 64.0 Å². The van der Waals surface area contributed by atoms with Gasteiger partial charge in [-0.3, -0.25) is 4.90 Å². The third-order valence-corrected chi connectivity index (χ3v) is 4.34. The molecule has 0 spiro atoms. The molecular weight excluding hydrogens is 196 g/mol. The van der Waals surface area contributed by atoms with E-state index < -0.39 is 0 Å². The molecule has 1 unspecified atom stereocenters. The van der Waals surface area contributed by atoms with Gasteiger partial charge in [-0.2, -0.15) is 0 Å². The van der Waals surface area contributed by atoms with Gasteiger partial charge in [0.25, 0.3) is 0 Å². The first-order chi connectivity index (χ1) is 7.65. The molecule has 1 aliphatic heterocycles. The van der Waals surface area contributed by atoms with E-state index in [1.807, 2.05) is 0 Å². The van der Waals surface area contributed by atoms with E-state index in [0.29, 0.717) is 5.54 Å². The summed E-state index contributed by atoms with van der Waals surface area (Å²) >= 11 is 0. The van der Waals surface area contributed by atoms with Crippen molar-refractivity contribution in [3.05, 3.63) is 11.6 Å². The molecular formula is C14H26N2. The predicted octanol–water partition coefficient (Wildman–Crippen LogP) is 2.69. The van der Waals surface area contributed by atoms with Crippen LogP contribution < -0.4 is 5.73 Å². The van der Waals surface area contributed by atoms with Crippen molar-refractivity contribution < 1.29 is 0 Å². The molecule has 1 heterocycles. The van der Waals surface area contributed by atoms with Crippen molar-refractivity contribution >= 4 is 0 Å². The molecule has 2 rings (SSSR count). The standard InChI is InChI=1S/C14H26N2/c1-12(2)11-13(15)14(7-3-4-8-14)16-9-5-6-10-16/h11,13H,3-10,15H2,1-2H3. The molecule has 0 amide bonds. The first-order valence-corrected chi connectivity index (χ1v) is 6.81. The smallest absolute Gasteiger partial charge is 0.0414 e. The number of nitrogens with two attached hydrogens (primary N) is 1. The van der Waals surface area contributed by atoms with Gasteiger partial charge in [-0.25, -0.2) is 0 Å². The molecule has 1 saturated heterocycles. The second-order valence-corrected chi connectivity index (χ2v) is 5.77. The molecule has 2 nitrogen and oxygen atoms in total. The molecule has 92 valence electrons. The fourth-order valence-electron chi connectivity index (χ4n) is 3.52. The van der Waals surface area contributed by atoms with Gasteiger partial charge in [0.15, 0.2) is 0 Å². The zero-order chi connectivity index (χ0) is 11.6. The highest BCUT2D eigenvalue weighted by Gasteiger charge is 2.44. The minimum atomic E-state index is 0.234. The van der Waals surface area contributed by atoms with Crippen LogP contribution in [0.4, 0.5) is 0 Å². The molecule has 0 radical (unpaired) electrons. The molecule has 0 aromatic heterocycles. The molecule has 0 aromatic carbocycles. The van der Waals surface area contributed by atoms with Gasteiger partial charge in [0.1, 0.15) is 0 Å². The Morgan fingerprint density at radius 1 is 1.12 bits per heavy atom. The van der Waals surface area contributed by atoms with Crippen molar-refractivity contribution in [3.63, 3.8) is 0 Å². The van der Waals surface area contributed by atoms with Crippen LogP contribution in [0.1, 0.15) is 52.4 Å². The van der Waals surface area contributed by atoms with Crippen molar-refractivity contribution in [2.75, 3.05) is 13.1 Å². The van der Waals surface area contributed by atoms with E-state index in [4.69, 9.17) is 5.73 Å². The Morgan fingerprint density at radius 3 is 2.19 bits per heavy atom. The van der Waals surface area contributed by atoms with Gasteiger partial charge in [-0.1, -0.05) is 24.5 Å². The molecule has 1 atom stereocenters. The van der Waals surface area contributed by atoms with Crippen LogP contribution in [0.25, 0.3) is 0 Å². The van der Waals surface area contributed by atoms with Gasteiger partial charge in [0.05, 0.1) is 0 Å². The zero-order valence-corrected chi connectivity index (χ0v) is 10.8. The lowest BCUT2D eigenvalue weighted by Crippen LogP contribution is -2.56. The van der Waals surface area contributed by atoms with E-state index in [-0.39, 0.29) is 6.04 Å². The summed E-state index contributed by atoms with van der Waals surface area (Å²) in [6, 6.07) is 0.234. The van der Waals surface area contributed by atoms with E-state index in [9.17, 15) is 0 Å². The summed E-state index contributed by atoms with van der Waals surface area (Å²) in [5.74, 6) is 0. The monoisotopic (exact) mass is 222 g/mol. The summed E-state index contributed by atoms with van der Waals surface area (Å²) in [5, 5.41) is 0. The fourth-order valence-corrected chi connectivity index (χ4v) is 3.52. The third kappa shape index (κ3) is 2.18. The van der Waals surface area contributed by atoms with Crippen LogP contribution in [-0.2, 0) is 0 Å². The Balaban J connectivity index is 2.17. The highest BCUT2D eigenvalue weighted by molar-refractivity contribution is 5.13. The Kier molecular flexibility index (Phi) is 3.70. The molecule has 2 fully saturated rings. The number of nitrogens with zero attached hydrogens (tertiary/aromatic N) is 1. The molecule has 1 saturated carbocycles. The summed E-state index contributed by atoms with van der Waals surface area (Å²) in [5.41, 5.74) is 8.14. The van der Waals surface area contributed by atoms with Gasteiger partial charge < -0.3 is 5.73 Å². The van der Waals surface area contributed by atoms with E-state index >= 15 is 0 Å². The summed E-state index contributed by atoms with van der Waals surface area (Å²) in [6.45, 7) is 6.85.